The molecule has 0 unspecified atom stereocenters. The third kappa shape index (κ3) is 2.31. The molecule has 1 fully saturated rings. The summed E-state index contributed by atoms with van der Waals surface area (Å²) in [4.78, 5) is 0. The molecule has 16 heavy (non-hydrogen) atoms. The van der Waals surface area contributed by atoms with Gasteiger partial charge in [0, 0.05) is 6.54 Å². The second kappa shape index (κ2) is 4.60. The first-order valence-corrected chi connectivity index (χ1v) is 6.65. The van der Waals surface area contributed by atoms with Gasteiger partial charge in [0.2, 0.25) is 0 Å². The summed E-state index contributed by atoms with van der Waals surface area (Å²) in [6, 6.07) is 2.09. The summed E-state index contributed by atoms with van der Waals surface area (Å²) in [6.07, 6.45) is 5.06. The molecule has 0 spiro atoms. The Balaban J connectivity index is 1.98. The Morgan fingerprint density at radius 1 is 1.62 bits per heavy atom. The minimum atomic E-state index is 0.315. The standard InChI is InChI=1S/C11H14ClN3S/c1-2-3-11(4-5-11)7-14-10-8(6-13)9(12)15-16-10/h14H,2-5,7H2,1H3. The summed E-state index contributed by atoms with van der Waals surface area (Å²) in [5, 5.41) is 13.4. The predicted octanol–water partition coefficient (Wildman–Crippen LogP) is 3.66. The van der Waals surface area contributed by atoms with Crippen molar-refractivity contribution in [2.45, 2.75) is 32.6 Å². The maximum atomic E-state index is 8.93. The molecule has 2 rings (SSSR count). The SMILES string of the molecule is CCCC1(CNc2snc(Cl)c2C#N)CC1. The average Bonchev–Trinajstić information content (AvgIpc) is 2.94. The first-order chi connectivity index (χ1) is 7.71. The molecule has 0 aromatic carbocycles. The number of nitriles is 1. The van der Waals surface area contributed by atoms with E-state index in [0.717, 1.165) is 11.5 Å². The van der Waals surface area contributed by atoms with Gasteiger partial charge < -0.3 is 5.32 Å². The van der Waals surface area contributed by atoms with Gasteiger partial charge in [-0.05, 0) is 36.2 Å². The fourth-order valence-electron chi connectivity index (χ4n) is 1.98. The van der Waals surface area contributed by atoms with Gasteiger partial charge in [-0.3, -0.25) is 0 Å². The van der Waals surface area contributed by atoms with Crippen molar-refractivity contribution >= 4 is 28.1 Å². The van der Waals surface area contributed by atoms with Crippen molar-refractivity contribution < 1.29 is 0 Å². The Morgan fingerprint density at radius 3 is 2.94 bits per heavy atom. The van der Waals surface area contributed by atoms with Crippen molar-refractivity contribution in [3.05, 3.63) is 10.7 Å². The molecule has 0 bridgehead atoms. The molecule has 1 aromatic heterocycles. The highest BCUT2D eigenvalue weighted by molar-refractivity contribution is 7.10. The van der Waals surface area contributed by atoms with E-state index in [0.29, 0.717) is 16.1 Å². The van der Waals surface area contributed by atoms with Gasteiger partial charge in [-0.25, -0.2) is 0 Å². The highest BCUT2D eigenvalue weighted by Gasteiger charge is 2.41. The zero-order valence-corrected chi connectivity index (χ0v) is 10.8. The molecule has 3 nitrogen and oxygen atoms in total. The maximum absolute atomic E-state index is 8.93. The van der Waals surface area contributed by atoms with E-state index in [1.807, 2.05) is 0 Å². The molecule has 0 amide bonds. The van der Waals surface area contributed by atoms with Crippen molar-refractivity contribution in [2.24, 2.45) is 5.41 Å². The Kier molecular flexibility index (Phi) is 3.36. The quantitative estimate of drug-likeness (QED) is 0.874. The van der Waals surface area contributed by atoms with E-state index in [-0.39, 0.29) is 0 Å². The molecule has 1 aliphatic carbocycles. The van der Waals surface area contributed by atoms with Crippen LogP contribution >= 0.6 is 23.1 Å². The third-order valence-electron chi connectivity index (χ3n) is 3.12. The van der Waals surface area contributed by atoms with E-state index >= 15 is 0 Å². The van der Waals surface area contributed by atoms with Gasteiger partial charge in [-0.1, -0.05) is 24.9 Å². The number of hydrogen-bond donors (Lipinski definition) is 1. The van der Waals surface area contributed by atoms with Crippen LogP contribution in [0.15, 0.2) is 0 Å². The molecular weight excluding hydrogens is 242 g/mol. The van der Waals surface area contributed by atoms with E-state index in [4.69, 9.17) is 16.9 Å². The van der Waals surface area contributed by atoms with Gasteiger partial charge in [-0.15, -0.1) is 0 Å². The van der Waals surface area contributed by atoms with Crippen molar-refractivity contribution in [3.63, 3.8) is 0 Å². The molecular formula is C11H14ClN3S. The van der Waals surface area contributed by atoms with Crippen LogP contribution in [0.3, 0.4) is 0 Å². The molecule has 1 heterocycles. The van der Waals surface area contributed by atoms with Crippen LogP contribution in [0.4, 0.5) is 5.00 Å². The molecule has 1 N–H and O–H groups in total. The second-order valence-electron chi connectivity index (χ2n) is 4.39. The highest BCUT2D eigenvalue weighted by atomic mass is 35.5. The van der Waals surface area contributed by atoms with Crippen LogP contribution in [0, 0.1) is 16.7 Å². The summed E-state index contributed by atoms with van der Waals surface area (Å²) in [5.41, 5.74) is 0.955. The number of aromatic nitrogens is 1. The van der Waals surface area contributed by atoms with E-state index in [9.17, 15) is 0 Å². The number of hydrogen-bond acceptors (Lipinski definition) is 4. The van der Waals surface area contributed by atoms with Gasteiger partial charge in [0.1, 0.15) is 16.6 Å². The fraction of sp³-hybridized carbons (Fsp3) is 0.636. The molecule has 1 saturated carbocycles. The van der Waals surface area contributed by atoms with E-state index in [1.165, 1.54) is 37.2 Å². The minimum Gasteiger partial charge on any atom is -0.374 e. The van der Waals surface area contributed by atoms with Gasteiger partial charge in [0.25, 0.3) is 0 Å². The molecule has 0 atom stereocenters. The second-order valence-corrected chi connectivity index (χ2v) is 5.52. The summed E-state index contributed by atoms with van der Waals surface area (Å²) in [5.74, 6) is 0. The summed E-state index contributed by atoms with van der Waals surface area (Å²) >= 11 is 7.08. The number of nitrogens with zero attached hydrogens (tertiary/aromatic N) is 2. The average molecular weight is 256 g/mol. The van der Waals surface area contributed by atoms with Crippen LogP contribution < -0.4 is 5.32 Å². The lowest BCUT2D eigenvalue weighted by atomic mass is 10.0. The Labute approximate surface area is 105 Å². The Hall–Kier alpha value is -0.790. The van der Waals surface area contributed by atoms with Crippen LogP contribution in [-0.4, -0.2) is 10.9 Å². The largest absolute Gasteiger partial charge is 0.374 e. The summed E-state index contributed by atoms with van der Waals surface area (Å²) in [7, 11) is 0. The molecule has 1 aromatic rings. The Morgan fingerprint density at radius 2 is 2.38 bits per heavy atom. The molecule has 0 aliphatic heterocycles. The summed E-state index contributed by atoms with van der Waals surface area (Å²) in [6.45, 7) is 3.15. The Bertz CT molecular complexity index is 417. The van der Waals surface area contributed by atoms with Gasteiger partial charge >= 0.3 is 0 Å². The molecule has 0 saturated heterocycles. The minimum absolute atomic E-state index is 0.315. The number of rotatable bonds is 5. The number of halogens is 1. The topological polar surface area (TPSA) is 48.7 Å². The molecule has 86 valence electrons. The molecule has 0 radical (unpaired) electrons. The lowest BCUT2D eigenvalue weighted by molar-refractivity contribution is 0.486. The molecule has 1 aliphatic rings. The van der Waals surface area contributed by atoms with Crippen LogP contribution in [-0.2, 0) is 0 Å². The number of nitrogens with one attached hydrogen (secondary N) is 1. The van der Waals surface area contributed by atoms with Gasteiger partial charge in [-0.2, -0.15) is 9.64 Å². The van der Waals surface area contributed by atoms with Crippen LogP contribution in [0.25, 0.3) is 0 Å². The van der Waals surface area contributed by atoms with Crippen molar-refractivity contribution in [3.8, 4) is 6.07 Å². The smallest absolute Gasteiger partial charge is 0.162 e. The van der Waals surface area contributed by atoms with E-state index < -0.39 is 0 Å². The van der Waals surface area contributed by atoms with Crippen molar-refractivity contribution in [2.75, 3.05) is 11.9 Å². The lowest BCUT2D eigenvalue weighted by Crippen LogP contribution is -2.14. The van der Waals surface area contributed by atoms with E-state index in [1.54, 1.807) is 0 Å². The first kappa shape index (κ1) is 11.7. The monoisotopic (exact) mass is 255 g/mol. The van der Waals surface area contributed by atoms with Gasteiger partial charge in [0.15, 0.2) is 5.15 Å². The predicted molar refractivity (Wildman–Crippen MR) is 66.9 cm³/mol. The first-order valence-electron chi connectivity index (χ1n) is 5.50. The highest BCUT2D eigenvalue weighted by Crippen LogP contribution is 2.49. The fourth-order valence-corrected chi connectivity index (χ4v) is 2.91. The summed E-state index contributed by atoms with van der Waals surface area (Å²) < 4.78 is 3.98. The van der Waals surface area contributed by atoms with Crippen LogP contribution in [0.2, 0.25) is 5.15 Å². The third-order valence-corrected chi connectivity index (χ3v) is 4.30. The maximum Gasteiger partial charge on any atom is 0.162 e. The van der Waals surface area contributed by atoms with Crippen molar-refractivity contribution in [1.82, 2.24) is 4.37 Å². The molecule has 5 heteroatoms. The number of anilines is 1. The van der Waals surface area contributed by atoms with Crippen LogP contribution in [0.5, 0.6) is 0 Å². The van der Waals surface area contributed by atoms with Crippen molar-refractivity contribution in [1.29, 1.82) is 5.26 Å². The lowest BCUT2D eigenvalue weighted by Gasteiger charge is -2.14. The van der Waals surface area contributed by atoms with E-state index in [2.05, 4.69) is 22.7 Å². The van der Waals surface area contributed by atoms with Gasteiger partial charge in [0.05, 0.1) is 0 Å². The normalized spacial score (nSPS) is 16.8. The van der Waals surface area contributed by atoms with Crippen LogP contribution in [0.1, 0.15) is 38.2 Å². The zero-order valence-electron chi connectivity index (χ0n) is 9.22. The zero-order chi connectivity index (χ0) is 11.6.